The van der Waals surface area contributed by atoms with Crippen LogP contribution in [0.5, 0.6) is 0 Å². The molecular formula is C54H36. The van der Waals surface area contributed by atoms with E-state index in [2.05, 4.69) is 140 Å². The molecule has 0 amide bonds. The molecule has 0 bridgehead atoms. The van der Waals surface area contributed by atoms with Crippen molar-refractivity contribution >= 4 is 43.1 Å². The lowest BCUT2D eigenvalue weighted by molar-refractivity contribution is 0.715. The average Bonchev–Trinajstić information content (AvgIpc) is 3.53. The van der Waals surface area contributed by atoms with Gasteiger partial charge in [0.2, 0.25) is 0 Å². The summed E-state index contributed by atoms with van der Waals surface area (Å²) in [6.45, 7) is 2.27. The van der Waals surface area contributed by atoms with E-state index in [0.29, 0.717) is 22.3 Å². The Bertz CT molecular complexity index is 3300. The zero-order chi connectivity index (χ0) is 39.3. The molecule has 10 aromatic carbocycles. The van der Waals surface area contributed by atoms with Gasteiger partial charge in [-0.25, -0.2) is 0 Å². The third-order valence-corrected chi connectivity index (χ3v) is 11.8. The van der Waals surface area contributed by atoms with Crippen LogP contribution in [-0.4, -0.2) is 0 Å². The maximum absolute atomic E-state index is 9.82. The highest BCUT2D eigenvalue weighted by atomic mass is 14.4. The van der Waals surface area contributed by atoms with Crippen molar-refractivity contribution in [2.24, 2.45) is 0 Å². The van der Waals surface area contributed by atoms with E-state index in [0.717, 1.165) is 82.0 Å². The van der Waals surface area contributed by atoms with E-state index in [1.165, 1.54) is 0 Å². The van der Waals surface area contributed by atoms with Crippen molar-refractivity contribution in [2.75, 3.05) is 0 Å². The van der Waals surface area contributed by atoms with Crippen molar-refractivity contribution in [1.29, 1.82) is 0 Å². The fourth-order valence-corrected chi connectivity index (χ4v) is 9.18. The van der Waals surface area contributed by atoms with E-state index in [4.69, 9.17) is 0 Å². The van der Waals surface area contributed by atoms with Gasteiger partial charge in [0, 0.05) is 5.41 Å². The highest BCUT2D eigenvalue weighted by Crippen LogP contribution is 2.56. The van der Waals surface area contributed by atoms with Gasteiger partial charge in [-0.3, -0.25) is 0 Å². The summed E-state index contributed by atoms with van der Waals surface area (Å²) in [6, 6.07) is 60.7. The standard InChI is InChI=1S/C54H36/c1-54(42-20-6-3-7-21-42)49-25-13-24-44(53(49)48-32-39-16-8-9-17-40(39)34-50(48)54)36-26-28-38(29-27-36)51-45-22-11-10-18-41(45)33-47-46(51)31-30-37-19-12-23-43(52(37)47)35-14-4-2-5-15-35/h2-34H,1H3/i26D,27D,28D,29D. The molecule has 0 heteroatoms. The van der Waals surface area contributed by atoms with Gasteiger partial charge in [-0.15, -0.1) is 0 Å². The number of hydrogen-bond acceptors (Lipinski definition) is 0. The molecule has 1 aliphatic carbocycles. The average molecular weight is 689 g/mol. The highest BCUT2D eigenvalue weighted by Gasteiger charge is 2.42. The summed E-state index contributed by atoms with van der Waals surface area (Å²) in [5.41, 5.74) is 9.17. The van der Waals surface area contributed by atoms with Gasteiger partial charge in [0.1, 0.15) is 0 Å². The molecule has 252 valence electrons. The maximum atomic E-state index is 9.82. The molecule has 1 aliphatic rings. The van der Waals surface area contributed by atoms with Crippen molar-refractivity contribution in [2.45, 2.75) is 12.3 Å². The largest absolute Gasteiger partial charge is 0.0629 e. The second kappa shape index (κ2) is 11.9. The molecule has 0 fully saturated rings. The van der Waals surface area contributed by atoms with Crippen molar-refractivity contribution in [1.82, 2.24) is 0 Å². The number of benzene rings is 10. The molecule has 0 heterocycles. The third-order valence-electron chi connectivity index (χ3n) is 11.8. The van der Waals surface area contributed by atoms with Crippen LogP contribution in [0.4, 0.5) is 0 Å². The lowest BCUT2D eigenvalue weighted by Crippen LogP contribution is -2.22. The summed E-state index contributed by atoms with van der Waals surface area (Å²) in [4.78, 5) is 0. The molecule has 10 aromatic rings. The van der Waals surface area contributed by atoms with Gasteiger partial charge in [0.05, 0.1) is 5.48 Å². The first-order valence-electron chi connectivity index (χ1n) is 20.6. The van der Waals surface area contributed by atoms with Crippen LogP contribution in [0.2, 0.25) is 0 Å². The minimum atomic E-state index is -0.507. The minimum Gasteiger partial charge on any atom is -0.0622 e. The monoisotopic (exact) mass is 688 g/mol. The quantitative estimate of drug-likeness (QED) is 0.128. The molecule has 0 nitrogen and oxygen atoms in total. The van der Waals surface area contributed by atoms with E-state index in [9.17, 15) is 5.48 Å². The Morgan fingerprint density at radius 3 is 1.80 bits per heavy atom. The SMILES string of the molecule is [2H]c1c([2H])c(-c2c3ccccc3cc3c2ccc2cccc(-c4ccccc4)c23)c([2H])c([2H])c1-c1cccc2c1-c1cc3ccccc3cc1C2(C)c1ccccc1. The summed E-state index contributed by atoms with van der Waals surface area (Å²) in [5, 5.41) is 8.22. The lowest BCUT2D eigenvalue weighted by atomic mass is 9.74. The molecule has 0 saturated heterocycles. The zero-order valence-electron chi connectivity index (χ0n) is 33.7. The summed E-state index contributed by atoms with van der Waals surface area (Å²) in [7, 11) is 0. The smallest absolute Gasteiger partial charge is 0.0622 e. The second-order valence-electron chi connectivity index (χ2n) is 14.6. The molecule has 0 radical (unpaired) electrons. The Kier molecular flexibility index (Phi) is 5.93. The van der Waals surface area contributed by atoms with Gasteiger partial charge in [0.25, 0.3) is 0 Å². The Hall–Kier alpha value is -6.76. The van der Waals surface area contributed by atoms with Gasteiger partial charge in [-0.1, -0.05) is 182 Å². The predicted octanol–water partition coefficient (Wildman–Crippen LogP) is 14.6. The van der Waals surface area contributed by atoms with Crippen LogP contribution in [0.25, 0.3) is 87.6 Å². The first kappa shape index (κ1) is 26.9. The summed E-state index contributed by atoms with van der Waals surface area (Å²) >= 11 is 0. The minimum absolute atomic E-state index is 0.0492. The molecule has 0 N–H and O–H groups in total. The summed E-state index contributed by atoms with van der Waals surface area (Å²) in [5.74, 6) is 0. The second-order valence-corrected chi connectivity index (χ2v) is 14.6. The van der Waals surface area contributed by atoms with Crippen LogP contribution in [0, 0.1) is 0 Å². The summed E-state index contributed by atoms with van der Waals surface area (Å²) in [6.07, 6.45) is 0. The topological polar surface area (TPSA) is 0 Å². The Balaban J connectivity index is 1.20. The van der Waals surface area contributed by atoms with Gasteiger partial charge < -0.3 is 0 Å². The van der Waals surface area contributed by atoms with Crippen LogP contribution in [-0.2, 0) is 5.41 Å². The van der Waals surface area contributed by atoms with Crippen molar-refractivity contribution < 1.29 is 5.48 Å². The van der Waals surface area contributed by atoms with E-state index < -0.39 is 5.41 Å². The summed E-state index contributed by atoms with van der Waals surface area (Å²) < 4.78 is 39.3. The fraction of sp³-hybridized carbons (Fsp3) is 0.0370. The van der Waals surface area contributed by atoms with E-state index in [-0.39, 0.29) is 24.2 Å². The zero-order valence-corrected chi connectivity index (χ0v) is 29.7. The van der Waals surface area contributed by atoms with Crippen molar-refractivity contribution in [3.63, 3.8) is 0 Å². The molecule has 1 unspecified atom stereocenters. The van der Waals surface area contributed by atoms with Gasteiger partial charge in [-0.2, -0.15) is 0 Å². The van der Waals surface area contributed by atoms with Gasteiger partial charge >= 0.3 is 0 Å². The van der Waals surface area contributed by atoms with Crippen LogP contribution in [0.1, 0.15) is 29.1 Å². The molecule has 1 atom stereocenters. The fourth-order valence-electron chi connectivity index (χ4n) is 9.18. The third kappa shape index (κ3) is 4.50. The molecule has 0 saturated carbocycles. The Labute approximate surface area is 321 Å². The van der Waals surface area contributed by atoms with E-state index in [1.54, 1.807) is 0 Å². The number of hydrogen-bond donors (Lipinski definition) is 0. The van der Waals surface area contributed by atoms with Gasteiger partial charge in [0.15, 0.2) is 0 Å². The molecule has 54 heavy (non-hydrogen) atoms. The highest BCUT2D eigenvalue weighted by molar-refractivity contribution is 6.23. The Morgan fingerprint density at radius 1 is 0.370 bits per heavy atom. The first-order chi connectivity index (χ1) is 28.3. The van der Waals surface area contributed by atoms with Gasteiger partial charge in [-0.05, 0) is 129 Å². The Morgan fingerprint density at radius 2 is 1.00 bits per heavy atom. The molecular weight excluding hydrogens is 649 g/mol. The van der Waals surface area contributed by atoms with Crippen LogP contribution < -0.4 is 0 Å². The van der Waals surface area contributed by atoms with Crippen LogP contribution in [0.3, 0.4) is 0 Å². The molecule has 11 rings (SSSR count). The molecule has 0 spiro atoms. The predicted molar refractivity (Wildman–Crippen MR) is 230 cm³/mol. The van der Waals surface area contributed by atoms with E-state index >= 15 is 0 Å². The van der Waals surface area contributed by atoms with Crippen LogP contribution in [0.15, 0.2) is 200 Å². The lowest BCUT2D eigenvalue weighted by Gasteiger charge is -2.28. The van der Waals surface area contributed by atoms with Crippen molar-refractivity contribution in [3.05, 3.63) is 217 Å². The molecule has 0 aromatic heterocycles. The van der Waals surface area contributed by atoms with Crippen molar-refractivity contribution in [3.8, 4) is 44.5 Å². The molecule has 0 aliphatic heterocycles. The van der Waals surface area contributed by atoms with E-state index in [1.807, 2.05) is 42.5 Å². The number of rotatable bonds is 4. The number of fused-ring (bicyclic) bond motifs is 8. The van der Waals surface area contributed by atoms with Crippen LogP contribution >= 0.6 is 0 Å². The maximum Gasteiger partial charge on any atom is 0.0629 e. The first-order valence-corrected chi connectivity index (χ1v) is 18.6. The normalized spacial score (nSPS) is 15.9.